The van der Waals surface area contributed by atoms with Gasteiger partial charge in [0.1, 0.15) is 5.78 Å². The Bertz CT molecular complexity index is 396. The first-order valence-electron chi connectivity index (χ1n) is 6.59. The fourth-order valence-electron chi connectivity index (χ4n) is 5.21. The van der Waals surface area contributed by atoms with Crippen LogP contribution in [0.1, 0.15) is 52.9 Å². The van der Waals surface area contributed by atoms with Gasteiger partial charge < -0.3 is 0 Å². The van der Waals surface area contributed by atoms with Crippen LogP contribution in [-0.4, -0.2) is 5.78 Å². The summed E-state index contributed by atoms with van der Waals surface area (Å²) in [5.41, 5.74) is 1.58. The molecule has 3 aliphatic rings. The molecule has 0 amide bonds. The third kappa shape index (κ3) is 0.781. The molecule has 3 rings (SSSR count). The number of hydrogen-bond donors (Lipinski definition) is 0. The number of ketones is 1. The summed E-state index contributed by atoms with van der Waals surface area (Å²) in [5, 5.41) is 0. The number of carbonyl (C=O) groups is 1. The van der Waals surface area contributed by atoms with Crippen LogP contribution < -0.4 is 0 Å². The number of rotatable bonds is 0. The molecule has 0 heterocycles. The molecule has 0 aromatic rings. The Balaban J connectivity index is 2.25. The van der Waals surface area contributed by atoms with E-state index in [0.717, 1.165) is 12.8 Å². The van der Waals surface area contributed by atoms with Crippen LogP contribution in [0, 0.1) is 22.2 Å². The monoisotopic (exact) mass is 218 g/mol. The Labute approximate surface area is 98.3 Å². The molecule has 0 spiro atoms. The van der Waals surface area contributed by atoms with Crippen molar-refractivity contribution in [3.8, 4) is 0 Å². The molecule has 2 bridgehead atoms. The summed E-state index contributed by atoms with van der Waals surface area (Å²) >= 11 is 0. The molecular formula is C15H22O. The van der Waals surface area contributed by atoms with Gasteiger partial charge >= 0.3 is 0 Å². The van der Waals surface area contributed by atoms with Crippen LogP contribution in [0.25, 0.3) is 0 Å². The first-order valence-corrected chi connectivity index (χ1v) is 6.59. The van der Waals surface area contributed by atoms with Gasteiger partial charge in [-0.1, -0.05) is 39.3 Å². The summed E-state index contributed by atoms with van der Waals surface area (Å²) in [6.45, 7) is 11.1. The van der Waals surface area contributed by atoms with E-state index in [-0.39, 0.29) is 22.2 Å². The molecule has 0 N–H and O–H groups in total. The largest absolute Gasteiger partial charge is 0.298 e. The SMILES string of the molecule is C=C1CCC2(C)C(=O)C1C1(C)CCCC21C. The van der Waals surface area contributed by atoms with Gasteiger partial charge in [-0.05, 0) is 36.5 Å². The Morgan fingerprint density at radius 2 is 1.88 bits per heavy atom. The van der Waals surface area contributed by atoms with Gasteiger partial charge in [0.25, 0.3) is 0 Å². The second-order valence-electron chi connectivity index (χ2n) is 6.89. The van der Waals surface area contributed by atoms with Crippen LogP contribution in [0.15, 0.2) is 12.2 Å². The quantitative estimate of drug-likeness (QED) is 0.566. The second kappa shape index (κ2) is 2.63. The highest BCUT2D eigenvalue weighted by Gasteiger charge is 2.73. The molecule has 16 heavy (non-hydrogen) atoms. The van der Waals surface area contributed by atoms with Gasteiger partial charge in [0.2, 0.25) is 0 Å². The topological polar surface area (TPSA) is 17.1 Å². The average Bonchev–Trinajstić information content (AvgIpc) is 2.55. The standard InChI is InChI=1S/C15H22O/c1-10-6-9-14(3)12(16)11(10)13(2)7-5-8-15(13,14)4/h11H,1,5-9H2,2-4H3. The van der Waals surface area contributed by atoms with E-state index in [9.17, 15) is 4.79 Å². The van der Waals surface area contributed by atoms with Crippen molar-refractivity contribution in [3.05, 3.63) is 12.2 Å². The van der Waals surface area contributed by atoms with Gasteiger partial charge in [-0.15, -0.1) is 0 Å². The van der Waals surface area contributed by atoms with Gasteiger partial charge in [-0.25, -0.2) is 0 Å². The van der Waals surface area contributed by atoms with E-state index in [0.29, 0.717) is 5.78 Å². The van der Waals surface area contributed by atoms with E-state index < -0.39 is 0 Å². The number of allylic oxidation sites excluding steroid dienone is 1. The molecule has 3 saturated carbocycles. The van der Waals surface area contributed by atoms with Crippen molar-refractivity contribution in [1.82, 2.24) is 0 Å². The van der Waals surface area contributed by atoms with E-state index in [1.54, 1.807) is 0 Å². The predicted octanol–water partition coefficient (Wildman–Crippen LogP) is 3.74. The van der Waals surface area contributed by atoms with Crippen molar-refractivity contribution >= 4 is 5.78 Å². The van der Waals surface area contributed by atoms with Crippen molar-refractivity contribution in [2.24, 2.45) is 22.2 Å². The highest BCUT2D eigenvalue weighted by atomic mass is 16.1. The molecule has 3 fully saturated rings. The molecule has 1 heteroatoms. The fraction of sp³-hybridized carbons (Fsp3) is 0.800. The lowest BCUT2D eigenvalue weighted by Gasteiger charge is -2.43. The number of hydrogen-bond acceptors (Lipinski definition) is 1. The Morgan fingerprint density at radius 3 is 2.56 bits per heavy atom. The lowest BCUT2D eigenvalue weighted by atomic mass is 9.59. The number of Topliss-reactive ketones (excluding diaryl/α,β-unsaturated/α-hetero) is 1. The zero-order valence-corrected chi connectivity index (χ0v) is 10.7. The minimum absolute atomic E-state index is 0.0654. The lowest BCUT2D eigenvalue weighted by molar-refractivity contribution is -0.132. The third-order valence-electron chi connectivity index (χ3n) is 6.65. The molecule has 4 unspecified atom stereocenters. The minimum Gasteiger partial charge on any atom is -0.298 e. The first-order chi connectivity index (χ1) is 7.37. The van der Waals surface area contributed by atoms with Gasteiger partial charge in [-0.2, -0.15) is 0 Å². The molecule has 0 aromatic carbocycles. The van der Waals surface area contributed by atoms with Crippen molar-refractivity contribution in [2.45, 2.75) is 52.9 Å². The Kier molecular flexibility index (Phi) is 1.73. The van der Waals surface area contributed by atoms with E-state index in [1.165, 1.54) is 24.8 Å². The third-order valence-corrected chi connectivity index (χ3v) is 6.65. The smallest absolute Gasteiger partial charge is 0.146 e. The maximum absolute atomic E-state index is 12.7. The van der Waals surface area contributed by atoms with E-state index >= 15 is 0 Å². The molecule has 0 aliphatic heterocycles. The maximum Gasteiger partial charge on any atom is 0.146 e. The Morgan fingerprint density at radius 1 is 1.19 bits per heavy atom. The highest BCUT2D eigenvalue weighted by Crippen LogP contribution is 2.75. The molecular weight excluding hydrogens is 196 g/mol. The average molecular weight is 218 g/mol. The van der Waals surface area contributed by atoms with Crippen molar-refractivity contribution in [1.29, 1.82) is 0 Å². The maximum atomic E-state index is 12.7. The Hall–Kier alpha value is -0.590. The van der Waals surface area contributed by atoms with E-state index in [2.05, 4.69) is 27.4 Å². The summed E-state index contributed by atoms with van der Waals surface area (Å²) in [6.07, 6.45) is 5.84. The predicted molar refractivity (Wildman–Crippen MR) is 65.0 cm³/mol. The summed E-state index contributed by atoms with van der Waals surface area (Å²) in [4.78, 5) is 12.7. The number of fused-ring (bicyclic) bond motifs is 5. The van der Waals surface area contributed by atoms with Crippen molar-refractivity contribution in [3.63, 3.8) is 0 Å². The fourth-order valence-corrected chi connectivity index (χ4v) is 5.21. The summed E-state index contributed by atoms with van der Waals surface area (Å²) in [6, 6.07) is 0. The normalized spacial score (nSPS) is 55.6. The summed E-state index contributed by atoms with van der Waals surface area (Å²) in [5.74, 6) is 0.673. The van der Waals surface area contributed by atoms with Crippen LogP contribution in [0.4, 0.5) is 0 Å². The molecule has 3 aliphatic carbocycles. The molecule has 4 atom stereocenters. The summed E-state index contributed by atoms with van der Waals surface area (Å²) in [7, 11) is 0. The van der Waals surface area contributed by atoms with Crippen molar-refractivity contribution in [2.75, 3.05) is 0 Å². The van der Waals surface area contributed by atoms with Crippen LogP contribution in [0.5, 0.6) is 0 Å². The molecule has 0 saturated heterocycles. The van der Waals surface area contributed by atoms with Crippen LogP contribution >= 0.6 is 0 Å². The molecule has 0 aromatic heterocycles. The molecule has 88 valence electrons. The van der Waals surface area contributed by atoms with E-state index in [4.69, 9.17) is 0 Å². The zero-order chi connectivity index (χ0) is 11.8. The minimum atomic E-state index is -0.0654. The summed E-state index contributed by atoms with van der Waals surface area (Å²) < 4.78 is 0. The highest BCUT2D eigenvalue weighted by molar-refractivity contribution is 5.95. The van der Waals surface area contributed by atoms with Gasteiger partial charge in [0.05, 0.1) is 0 Å². The van der Waals surface area contributed by atoms with Crippen LogP contribution in [0.2, 0.25) is 0 Å². The lowest BCUT2D eigenvalue weighted by Crippen LogP contribution is -2.40. The van der Waals surface area contributed by atoms with E-state index in [1.807, 2.05) is 0 Å². The van der Waals surface area contributed by atoms with Crippen LogP contribution in [-0.2, 0) is 4.79 Å². The van der Waals surface area contributed by atoms with Gasteiger partial charge in [0.15, 0.2) is 0 Å². The van der Waals surface area contributed by atoms with Crippen molar-refractivity contribution < 1.29 is 4.79 Å². The van der Waals surface area contributed by atoms with Crippen LogP contribution in [0.3, 0.4) is 0 Å². The van der Waals surface area contributed by atoms with Gasteiger partial charge in [-0.3, -0.25) is 4.79 Å². The number of carbonyl (C=O) groups excluding carboxylic acids is 1. The van der Waals surface area contributed by atoms with Gasteiger partial charge in [0, 0.05) is 11.3 Å². The molecule has 1 nitrogen and oxygen atoms in total. The molecule has 0 radical (unpaired) electrons. The second-order valence-corrected chi connectivity index (χ2v) is 6.89. The first kappa shape index (κ1) is 10.6. The zero-order valence-electron chi connectivity index (χ0n) is 10.7.